The first-order valence-electron chi connectivity index (χ1n) is 4.39. The normalized spacial score (nSPS) is 9.85. The highest BCUT2D eigenvalue weighted by molar-refractivity contribution is 4.75. The fourth-order valence-electron chi connectivity index (χ4n) is 1.06. The Morgan fingerprint density at radius 3 is 3.23 bits per heavy atom. The van der Waals surface area contributed by atoms with Crippen molar-refractivity contribution in [3.8, 4) is 6.07 Å². The maximum Gasteiger partial charge on any atom is 0.281 e. The summed E-state index contributed by atoms with van der Waals surface area (Å²) in [6.45, 7) is 3.74. The number of hydrogen-bond acceptors (Lipinski definition) is 2. The minimum atomic E-state index is 0.369. The van der Waals surface area contributed by atoms with E-state index in [4.69, 9.17) is 10.00 Å². The SMILES string of the molecule is CCCOCc1[nH]cc[n+]1CC#N. The van der Waals surface area contributed by atoms with E-state index in [1.807, 2.05) is 17.0 Å². The summed E-state index contributed by atoms with van der Waals surface area (Å²) in [7, 11) is 0. The van der Waals surface area contributed by atoms with E-state index in [-0.39, 0.29) is 0 Å². The maximum atomic E-state index is 8.51. The molecule has 4 nitrogen and oxygen atoms in total. The molecule has 1 rings (SSSR count). The first-order chi connectivity index (χ1) is 6.38. The highest BCUT2D eigenvalue weighted by atomic mass is 16.5. The van der Waals surface area contributed by atoms with Gasteiger partial charge in [0, 0.05) is 6.61 Å². The lowest BCUT2D eigenvalue weighted by Crippen LogP contribution is -2.35. The third kappa shape index (κ3) is 2.88. The highest BCUT2D eigenvalue weighted by Gasteiger charge is 2.08. The Kier molecular flexibility index (Phi) is 4.00. The molecule has 1 aromatic rings. The number of nitrogens with one attached hydrogen (secondary N) is 1. The molecular formula is C9H14N3O+. The van der Waals surface area contributed by atoms with Gasteiger partial charge in [0.2, 0.25) is 0 Å². The minimum Gasteiger partial charge on any atom is -0.369 e. The highest BCUT2D eigenvalue weighted by Crippen LogP contribution is 1.91. The molecule has 0 bridgehead atoms. The van der Waals surface area contributed by atoms with E-state index in [2.05, 4.69) is 18.0 Å². The second kappa shape index (κ2) is 5.33. The Morgan fingerprint density at radius 1 is 1.69 bits per heavy atom. The third-order valence-electron chi connectivity index (χ3n) is 1.68. The zero-order valence-corrected chi connectivity index (χ0v) is 7.79. The smallest absolute Gasteiger partial charge is 0.281 e. The van der Waals surface area contributed by atoms with Crippen molar-refractivity contribution < 1.29 is 9.30 Å². The molecule has 0 radical (unpaired) electrons. The molecule has 0 saturated heterocycles. The molecule has 0 saturated carbocycles. The fraction of sp³-hybridized carbons (Fsp3) is 0.556. The fourth-order valence-corrected chi connectivity index (χ4v) is 1.06. The number of H-pyrrole nitrogens is 1. The molecule has 0 aromatic carbocycles. The van der Waals surface area contributed by atoms with Crippen molar-refractivity contribution in [2.75, 3.05) is 6.61 Å². The van der Waals surface area contributed by atoms with Crippen molar-refractivity contribution in [2.24, 2.45) is 0 Å². The average Bonchev–Trinajstić information content (AvgIpc) is 2.54. The van der Waals surface area contributed by atoms with Gasteiger partial charge in [-0.15, -0.1) is 0 Å². The zero-order valence-electron chi connectivity index (χ0n) is 7.79. The Balaban J connectivity index is 2.46. The van der Waals surface area contributed by atoms with Gasteiger partial charge >= 0.3 is 0 Å². The molecule has 70 valence electrons. The van der Waals surface area contributed by atoms with Gasteiger partial charge in [-0.1, -0.05) is 6.92 Å². The monoisotopic (exact) mass is 180 g/mol. The number of nitriles is 1. The lowest BCUT2D eigenvalue weighted by atomic mass is 10.5. The van der Waals surface area contributed by atoms with Gasteiger partial charge in [0.1, 0.15) is 25.1 Å². The van der Waals surface area contributed by atoms with Gasteiger partial charge in [0.25, 0.3) is 5.82 Å². The zero-order chi connectivity index (χ0) is 9.52. The van der Waals surface area contributed by atoms with Crippen LogP contribution < -0.4 is 4.57 Å². The average molecular weight is 180 g/mol. The molecule has 1 aromatic heterocycles. The van der Waals surface area contributed by atoms with Gasteiger partial charge in [0.15, 0.2) is 6.54 Å². The van der Waals surface area contributed by atoms with Crippen LogP contribution in [0.15, 0.2) is 12.4 Å². The van der Waals surface area contributed by atoms with Crippen molar-refractivity contribution in [3.63, 3.8) is 0 Å². The summed E-state index contributed by atoms with van der Waals surface area (Å²) in [5.74, 6) is 0.940. The number of aromatic amines is 1. The summed E-state index contributed by atoms with van der Waals surface area (Å²) in [4.78, 5) is 3.04. The van der Waals surface area contributed by atoms with Crippen LogP contribution in [0.2, 0.25) is 0 Å². The summed E-state index contributed by atoms with van der Waals surface area (Å²) in [5.41, 5.74) is 0. The van der Waals surface area contributed by atoms with E-state index in [1.165, 1.54) is 0 Å². The van der Waals surface area contributed by atoms with Crippen molar-refractivity contribution in [1.29, 1.82) is 5.26 Å². The molecule has 1 N–H and O–H groups in total. The molecule has 4 heteroatoms. The molecule has 0 fully saturated rings. The lowest BCUT2D eigenvalue weighted by Gasteiger charge is -1.97. The summed E-state index contributed by atoms with van der Waals surface area (Å²) >= 11 is 0. The van der Waals surface area contributed by atoms with Crippen molar-refractivity contribution in [2.45, 2.75) is 26.5 Å². The third-order valence-corrected chi connectivity index (χ3v) is 1.68. The van der Waals surface area contributed by atoms with Crippen LogP contribution in [0.5, 0.6) is 0 Å². The summed E-state index contributed by atoms with van der Waals surface area (Å²) in [6.07, 6.45) is 4.66. The van der Waals surface area contributed by atoms with Crippen LogP contribution in [0.1, 0.15) is 19.2 Å². The largest absolute Gasteiger partial charge is 0.369 e. The molecule has 1 heterocycles. The Morgan fingerprint density at radius 2 is 2.54 bits per heavy atom. The molecule has 0 spiro atoms. The number of imidazole rings is 1. The lowest BCUT2D eigenvalue weighted by molar-refractivity contribution is -0.693. The Hall–Kier alpha value is -1.34. The molecule has 0 aliphatic rings. The van der Waals surface area contributed by atoms with E-state index in [9.17, 15) is 0 Å². The number of hydrogen-bond donors (Lipinski definition) is 1. The van der Waals surface area contributed by atoms with E-state index in [0.717, 1.165) is 18.9 Å². The van der Waals surface area contributed by atoms with Gasteiger partial charge in [0.05, 0.1) is 0 Å². The summed E-state index contributed by atoms with van der Waals surface area (Å²) in [5, 5.41) is 8.51. The van der Waals surface area contributed by atoms with Crippen molar-refractivity contribution >= 4 is 0 Å². The number of ether oxygens (including phenoxy) is 1. The van der Waals surface area contributed by atoms with Crippen molar-refractivity contribution in [3.05, 3.63) is 18.2 Å². The van der Waals surface area contributed by atoms with Gasteiger partial charge in [-0.3, -0.25) is 0 Å². The predicted molar refractivity (Wildman–Crippen MR) is 46.5 cm³/mol. The Bertz CT molecular complexity index is 287. The summed E-state index contributed by atoms with van der Waals surface area (Å²) < 4.78 is 7.20. The van der Waals surface area contributed by atoms with Crippen LogP contribution in [-0.2, 0) is 17.9 Å². The quantitative estimate of drug-likeness (QED) is 0.537. The Labute approximate surface area is 77.8 Å². The summed E-state index contributed by atoms with van der Waals surface area (Å²) in [6, 6.07) is 2.09. The topological polar surface area (TPSA) is 52.7 Å². The molecule has 13 heavy (non-hydrogen) atoms. The van der Waals surface area contributed by atoms with Crippen LogP contribution in [0.3, 0.4) is 0 Å². The van der Waals surface area contributed by atoms with Crippen LogP contribution in [0.4, 0.5) is 0 Å². The van der Waals surface area contributed by atoms with E-state index < -0.39 is 0 Å². The van der Waals surface area contributed by atoms with Gasteiger partial charge in [-0.05, 0) is 6.42 Å². The second-order valence-electron chi connectivity index (χ2n) is 2.75. The first kappa shape index (κ1) is 9.75. The first-order valence-corrected chi connectivity index (χ1v) is 4.39. The minimum absolute atomic E-state index is 0.369. The van der Waals surface area contributed by atoms with Gasteiger partial charge in [-0.25, -0.2) is 9.55 Å². The molecule has 0 atom stereocenters. The van der Waals surface area contributed by atoms with Crippen LogP contribution in [0, 0.1) is 11.3 Å². The van der Waals surface area contributed by atoms with Gasteiger partial charge < -0.3 is 4.74 Å². The van der Waals surface area contributed by atoms with E-state index in [0.29, 0.717) is 13.2 Å². The molecule has 0 aliphatic carbocycles. The number of nitrogens with zero attached hydrogens (tertiary/aromatic N) is 2. The van der Waals surface area contributed by atoms with Gasteiger partial charge in [-0.2, -0.15) is 5.26 Å². The second-order valence-corrected chi connectivity index (χ2v) is 2.75. The van der Waals surface area contributed by atoms with E-state index >= 15 is 0 Å². The molecule has 0 aliphatic heterocycles. The predicted octanol–water partition coefficient (Wildman–Crippen LogP) is 0.752. The number of aromatic nitrogens is 2. The van der Waals surface area contributed by atoms with Crippen LogP contribution >= 0.6 is 0 Å². The van der Waals surface area contributed by atoms with E-state index in [1.54, 1.807) is 0 Å². The van der Waals surface area contributed by atoms with Crippen LogP contribution in [-0.4, -0.2) is 11.6 Å². The van der Waals surface area contributed by atoms with Crippen molar-refractivity contribution in [1.82, 2.24) is 4.98 Å². The molecular weight excluding hydrogens is 166 g/mol. The van der Waals surface area contributed by atoms with Crippen LogP contribution in [0.25, 0.3) is 0 Å². The molecule has 0 unspecified atom stereocenters. The standard InChI is InChI=1S/C9H13N3O/c1-2-7-13-8-9-11-4-6-12(9)5-3-10/h4,6H,2,5,7-8H2,1H3/p+1. The molecule has 0 amide bonds. The maximum absolute atomic E-state index is 8.51. The number of rotatable bonds is 5.